The first kappa shape index (κ1) is 16.9. The Hall–Kier alpha value is -3.53. The summed E-state index contributed by atoms with van der Waals surface area (Å²) in [6, 6.07) is 4.99. The van der Waals surface area contributed by atoms with Gasteiger partial charge in [-0.1, -0.05) is 5.16 Å². The largest absolute Gasteiger partial charge is 0.333 e. The summed E-state index contributed by atoms with van der Waals surface area (Å²) in [5.74, 6) is -2.17. The van der Waals surface area contributed by atoms with Gasteiger partial charge >= 0.3 is 0 Å². The molecule has 0 unspecified atom stereocenters. The number of rotatable bonds is 4. The number of nitrogens with zero attached hydrogens (tertiary/aromatic N) is 4. The van der Waals surface area contributed by atoms with Crippen LogP contribution in [0.15, 0.2) is 52.8 Å². The summed E-state index contributed by atoms with van der Waals surface area (Å²) in [6.45, 7) is 0. The van der Waals surface area contributed by atoms with Crippen molar-refractivity contribution in [3.8, 4) is 22.2 Å². The van der Waals surface area contributed by atoms with Crippen molar-refractivity contribution < 1.29 is 18.1 Å². The number of thiophene rings is 1. The molecule has 0 radical (unpaired) electrons. The molecule has 3 aromatic heterocycles. The second kappa shape index (κ2) is 7.00. The Morgan fingerprint density at radius 1 is 1.15 bits per heavy atom. The van der Waals surface area contributed by atoms with Crippen LogP contribution in [-0.2, 0) is 0 Å². The Kier molecular flexibility index (Phi) is 4.38. The van der Waals surface area contributed by atoms with Crippen LogP contribution in [-0.4, -0.2) is 26.0 Å². The van der Waals surface area contributed by atoms with Crippen LogP contribution in [0.1, 0.15) is 10.5 Å². The number of hydrogen-bond donors (Lipinski definition) is 1. The Bertz CT molecular complexity index is 1110. The third kappa shape index (κ3) is 3.42. The Balaban J connectivity index is 1.60. The summed E-state index contributed by atoms with van der Waals surface area (Å²) in [5, 5.41) is 8.23. The number of hydrogen-bond acceptors (Lipinski definition) is 7. The van der Waals surface area contributed by atoms with Crippen molar-refractivity contribution in [2.24, 2.45) is 0 Å². The minimum atomic E-state index is -1.01. The van der Waals surface area contributed by atoms with Gasteiger partial charge in [0, 0.05) is 18.0 Å². The van der Waals surface area contributed by atoms with Crippen molar-refractivity contribution in [2.45, 2.75) is 0 Å². The van der Waals surface area contributed by atoms with Crippen molar-refractivity contribution in [3.63, 3.8) is 0 Å². The zero-order valence-corrected chi connectivity index (χ0v) is 14.2. The van der Waals surface area contributed by atoms with Crippen molar-refractivity contribution >= 4 is 22.9 Å². The summed E-state index contributed by atoms with van der Waals surface area (Å²) in [6.07, 6.45) is 4.22. The highest BCUT2D eigenvalue weighted by Gasteiger charge is 2.18. The molecule has 1 aromatic carbocycles. The van der Waals surface area contributed by atoms with Gasteiger partial charge in [-0.25, -0.2) is 13.8 Å². The van der Waals surface area contributed by atoms with Gasteiger partial charge in [0.15, 0.2) is 11.6 Å². The lowest BCUT2D eigenvalue weighted by atomic mass is 10.2. The van der Waals surface area contributed by atoms with E-state index in [1.165, 1.54) is 36.0 Å². The molecule has 0 spiro atoms. The summed E-state index contributed by atoms with van der Waals surface area (Å²) in [5.41, 5.74) is 0.879. The first-order valence-corrected chi connectivity index (χ1v) is 8.44. The van der Waals surface area contributed by atoms with E-state index in [4.69, 9.17) is 4.52 Å². The van der Waals surface area contributed by atoms with Gasteiger partial charge in [0.1, 0.15) is 10.6 Å². The van der Waals surface area contributed by atoms with E-state index in [1.54, 1.807) is 11.4 Å². The minimum Gasteiger partial charge on any atom is -0.333 e. The fourth-order valence-electron chi connectivity index (χ4n) is 2.24. The third-order valence-electron chi connectivity index (χ3n) is 3.51. The molecular weight excluding hydrogens is 376 g/mol. The van der Waals surface area contributed by atoms with E-state index in [-0.39, 0.29) is 23.0 Å². The van der Waals surface area contributed by atoms with Gasteiger partial charge < -0.3 is 9.84 Å². The van der Waals surface area contributed by atoms with Crippen LogP contribution in [0.2, 0.25) is 0 Å². The third-order valence-corrected chi connectivity index (χ3v) is 4.41. The number of anilines is 1. The Morgan fingerprint density at radius 3 is 2.81 bits per heavy atom. The van der Waals surface area contributed by atoms with Crippen molar-refractivity contribution in [1.29, 1.82) is 0 Å². The molecular formula is C17H9F2N5O2S. The molecule has 4 aromatic rings. The quantitative estimate of drug-likeness (QED) is 0.574. The maximum atomic E-state index is 13.4. The topological polar surface area (TPSA) is 93.8 Å². The van der Waals surface area contributed by atoms with E-state index >= 15 is 0 Å². The normalized spacial score (nSPS) is 10.7. The fourth-order valence-corrected chi connectivity index (χ4v) is 3.01. The fraction of sp³-hybridized carbons (Fsp3) is 0. The summed E-state index contributed by atoms with van der Waals surface area (Å²) >= 11 is 1.27. The van der Waals surface area contributed by atoms with Gasteiger partial charge in [-0.15, -0.1) is 11.3 Å². The SMILES string of the molecule is O=C(Nc1ccsc1-c1nc(-c2ccc(F)c(F)c2)no1)c1cnccn1. The summed E-state index contributed by atoms with van der Waals surface area (Å²) < 4.78 is 31.7. The van der Waals surface area contributed by atoms with Crippen molar-refractivity contribution in [2.75, 3.05) is 5.32 Å². The molecule has 0 saturated heterocycles. The molecule has 0 atom stereocenters. The van der Waals surface area contributed by atoms with E-state index in [0.717, 1.165) is 12.1 Å². The highest BCUT2D eigenvalue weighted by molar-refractivity contribution is 7.14. The van der Waals surface area contributed by atoms with Crippen LogP contribution in [0.3, 0.4) is 0 Å². The molecule has 1 N–H and O–H groups in total. The number of halogens is 2. The number of amides is 1. The molecule has 7 nitrogen and oxygen atoms in total. The highest BCUT2D eigenvalue weighted by atomic mass is 32.1. The molecule has 4 rings (SSSR count). The van der Waals surface area contributed by atoms with E-state index in [9.17, 15) is 13.6 Å². The molecule has 134 valence electrons. The van der Waals surface area contributed by atoms with E-state index in [0.29, 0.717) is 10.6 Å². The lowest BCUT2D eigenvalue weighted by Gasteiger charge is -2.03. The van der Waals surface area contributed by atoms with Crippen LogP contribution in [0, 0.1) is 11.6 Å². The predicted molar refractivity (Wildman–Crippen MR) is 92.9 cm³/mol. The second-order valence-electron chi connectivity index (χ2n) is 5.26. The monoisotopic (exact) mass is 385 g/mol. The molecule has 0 aliphatic carbocycles. The molecule has 10 heteroatoms. The van der Waals surface area contributed by atoms with Crippen LogP contribution < -0.4 is 5.32 Å². The highest BCUT2D eigenvalue weighted by Crippen LogP contribution is 2.34. The van der Waals surface area contributed by atoms with Crippen LogP contribution in [0.5, 0.6) is 0 Å². The molecule has 0 bridgehead atoms. The van der Waals surface area contributed by atoms with Crippen LogP contribution in [0.4, 0.5) is 14.5 Å². The van der Waals surface area contributed by atoms with E-state index in [2.05, 4.69) is 25.4 Å². The molecule has 0 saturated carbocycles. The van der Waals surface area contributed by atoms with E-state index in [1.807, 2.05) is 0 Å². The lowest BCUT2D eigenvalue weighted by Crippen LogP contribution is -2.13. The molecule has 0 aliphatic heterocycles. The van der Waals surface area contributed by atoms with Gasteiger partial charge in [0.2, 0.25) is 5.82 Å². The van der Waals surface area contributed by atoms with Gasteiger partial charge in [-0.2, -0.15) is 4.98 Å². The van der Waals surface area contributed by atoms with Gasteiger partial charge in [0.25, 0.3) is 11.8 Å². The zero-order chi connectivity index (χ0) is 18.8. The van der Waals surface area contributed by atoms with Gasteiger partial charge in [0.05, 0.1) is 11.9 Å². The maximum absolute atomic E-state index is 13.4. The number of carbonyl (C=O) groups is 1. The second-order valence-corrected chi connectivity index (χ2v) is 6.18. The average Bonchev–Trinajstić information content (AvgIpc) is 3.34. The minimum absolute atomic E-state index is 0.100. The zero-order valence-electron chi connectivity index (χ0n) is 13.4. The molecule has 0 fully saturated rings. The number of carbonyl (C=O) groups excluding carboxylic acids is 1. The first-order chi connectivity index (χ1) is 13.1. The van der Waals surface area contributed by atoms with Crippen LogP contribution >= 0.6 is 11.3 Å². The standard InChI is InChI=1S/C17H9F2N5O2S/c18-10-2-1-9(7-11(10)19)15-23-17(26-24-15)14-12(3-6-27-14)22-16(25)13-8-20-4-5-21-13/h1-8H,(H,22,25). The molecule has 0 aliphatic rings. The van der Waals surface area contributed by atoms with Crippen LogP contribution in [0.25, 0.3) is 22.2 Å². The van der Waals surface area contributed by atoms with Crippen molar-refractivity contribution in [1.82, 2.24) is 20.1 Å². The predicted octanol–water partition coefficient (Wildman–Crippen LogP) is 3.79. The Labute approximate surface area is 154 Å². The first-order valence-electron chi connectivity index (χ1n) is 7.56. The smallest absolute Gasteiger partial charge is 0.275 e. The van der Waals surface area contributed by atoms with Gasteiger partial charge in [-0.3, -0.25) is 9.78 Å². The van der Waals surface area contributed by atoms with Gasteiger partial charge in [-0.05, 0) is 29.6 Å². The molecule has 3 heterocycles. The average molecular weight is 385 g/mol. The summed E-state index contributed by atoms with van der Waals surface area (Å²) in [4.78, 5) is 24.7. The molecule has 27 heavy (non-hydrogen) atoms. The number of aromatic nitrogens is 4. The molecule has 1 amide bonds. The van der Waals surface area contributed by atoms with Crippen molar-refractivity contribution in [3.05, 3.63) is 65.6 Å². The number of benzene rings is 1. The van der Waals surface area contributed by atoms with E-state index < -0.39 is 17.5 Å². The maximum Gasteiger partial charge on any atom is 0.275 e. The Morgan fingerprint density at radius 2 is 2.04 bits per heavy atom. The summed E-state index contributed by atoms with van der Waals surface area (Å²) in [7, 11) is 0. The number of nitrogens with one attached hydrogen (secondary N) is 1. The lowest BCUT2D eigenvalue weighted by molar-refractivity contribution is 0.102.